The first kappa shape index (κ1) is 17.7. The summed E-state index contributed by atoms with van der Waals surface area (Å²) in [5.41, 5.74) is 0. The Morgan fingerprint density at radius 3 is 2.00 bits per heavy atom. The zero-order valence-electron chi connectivity index (χ0n) is 8.40. The topological polar surface area (TPSA) is 59.3 Å². The Labute approximate surface area is 79.8 Å². The lowest BCUT2D eigenvalue weighted by Crippen LogP contribution is -1.75. The van der Waals surface area contributed by atoms with Gasteiger partial charge in [-0.15, -0.1) is 0 Å². The van der Waals surface area contributed by atoms with E-state index in [9.17, 15) is 4.79 Å². The Balaban J connectivity index is -0.000000142. The molecule has 0 amide bonds. The Kier molecular flexibility index (Phi) is 42.2. The maximum absolute atomic E-state index is 9.51. The van der Waals surface area contributed by atoms with Crippen LogP contribution in [0.4, 0.5) is 0 Å². The molecule has 0 aromatic rings. The van der Waals surface area contributed by atoms with E-state index in [1.165, 1.54) is 12.3 Å². The molecule has 76 valence electrons. The van der Waals surface area contributed by atoms with Gasteiger partial charge in [0.2, 0.25) is 0 Å². The molecule has 0 saturated heterocycles. The van der Waals surface area contributed by atoms with Gasteiger partial charge in [-0.2, -0.15) is 0 Å². The predicted molar refractivity (Wildman–Crippen MR) is 51.1 cm³/mol. The molecule has 0 N–H and O–H groups in total. The first-order valence-corrected chi connectivity index (χ1v) is 3.80. The van der Waals surface area contributed by atoms with Gasteiger partial charge in [-0.3, -0.25) is 4.79 Å². The summed E-state index contributed by atoms with van der Waals surface area (Å²) >= 11 is 0. The Hall–Kier alpha value is -1.34. The SMILES string of the molecule is C#N.CCO/C=C\C=O.CCOC. The predicted octanol–water partition coefficient (Wildman–Crippen LogP) is 1.53. The van der Waals surface area contributed by atoms with Crippen LogP contribution >= 0.6 is 0 Å². The highest BCUT2D eigenvalue weighted by Gasteiger charge is 1.64. The molecule has 0 bridgehead atoms. The Morgan fingerprint density at radius 1 is 1.31 bits per heavy atom. The number of nitriles is 1. The maximum atomic E-state index is 9.51. The number of methoxy groups -OCH3 is 1. The highest BCUT2D eigenvalue weighted by molar-refractivity contribution is 5.64. The van der Waals surface area contributed by atoms with Crippen molar-refractivity contribution in [2.45, 2.75) is 13.8 Å². The van der Waals surface area contributed by atoms with Crippen LogP contribution in [-0.2, 0) is 14.3 Å². The van der Waals surface area contributed by atoms with Gasteiger partial charge in [0.05, 0.1) is 12.9 Å². The van der Waals surface area contributed by atoms with Crippen molar-refractivity contribution >= 4 is 6.29 Å². The molecule has 0 aromatic heterocycles. The minimum absolute atomic E-state index is 0.615. The monoisotopic (exact) mass is 187 g/mol. The average Bonchev–Trinajstić information content (AvgIpc) is 2.22. The molecule has 0 atom stereocenters. The van der Waals surface area contributed by atoms with Gasteiger partial charge >= 0.3 is 0 Å². The number of carbonyl (C=O) groups excluding carboxylic acids is 1. The quantitative estimate of drug-likeness (QED) is 0.380. The minimum Gasteiger partial charge on any atom is -0.501 e. The lowest BCUT2D eigenvalue weighted by molar-refractivity contribution is -0.104. The first-order chi connectivity index (χ1) is 6.33. The van der Waals surface area contributed by atoms with Gasteiger partial charge in [-0.25, -0.2) is 5.26 Å². The highest BCUT2D eigenvalue weighted by Crippen LogP contribution is 1.70. The summed E-state index contributed by atoms with van der Waals surface area (Å²) < 4.78 is 9.20. The first-order valence-electron chi connectivity index (χ1n) is 3.80. The molecule has 0 radical (unpaired) electrons. The molecule has 0 heterocycles. The number of hydrogen-bond donors (Lipinski definition) is 0. The van der Waals surface area contributed by atoms with Gasteiger partial charge in [-0.05, 0) is 13.8 Å². The van der Waals surface area contributed by atoms with Gasteiger partial charge in [-0.1, -0.05) is 0 Å². The molecule has 4 nitrogen and oxygen atoms in total. The molecule has 4 heteroatoms. The van der Waals surface area contributed by atoms with Crippen molar-refractivity contribution in [2.75, 3.05) is 20.3 Å². The maximum Gasteiger partial charge on any atom is 0.145 e. The summed E-state index contributed by atoms with van der Waals surface area (Å²) in [6.07, 6.45) is 3.35. The second-order valence-electron chi connectivity index (χ2n) is 1.50. The molecule has 0 aromatic carbocycles. The number of aldehydes is 1. The molecule has 13 heavy (non-hydrogen) atoms. The molecular formula is C9H17NO3. The van der Waals surface area contributed by atoms with Crippen LogP contribution < -0.4 is 0 Å². The molecular weight excluding hydrogens is 170 g/mol. The van der Waals surface area contributed by atoms with Crippen LogP contribution in [0.2, 0.25) is 0 Å². The third-order valence-electron chi connectivity index (χ3n) is 0.709. The molecule has 0 aliphatic heterocycles. The average molecular weight is 187 g/mol. The summed E-state index contributed by atoms with van der Waals surface area (Å²) in [5, 5.41) is 6.50. The van der Waals surface area contributed by atoms with Crippen molar-refractivity contribution in [2.24, 2.45) is 0 Å². The van der Waals surface area contributed by atoms with Gasteiger partial charge in [0, 0.05) is 26.4 Å². The van der Waals surface area contributed by atoms with E-state index >= 15 is 0 Å². The Morgan fingerprint density at radius 2 is 1.77 bits per heavy atom. The van der Waals surface area contributed by atoms with E-state index in [0.29, 0.717) is 12.9 Å². The van der Waals surface area contributed by atoms with Crippen molar-refractivity contribution in [1.82, 2.24) is 0 Å². The van der Waals surface area contributed by atoms with E-state index in [4.69, 9.17) is 5.26 Å². The number of rotatable bonds is 4. The van der Waals surface area contributed by atoms with Crippen LogP contribution in [0.3, 0.4) is 0 Å². The summed E-state index contributed by atoms with van der Waals surface area (Å²) in [7, 11) is 1.68. The number of hydrogen-bond acceptors (Lipinski definition) is 4. The van der Waals surface area contributed by atoms with Crippen LogP contribution in [0.5, 0.6) is 0 Å². The van der Waals surface area contributed by atoms with Crippen LogP contribution in [0.25, 0.3) is 0 Å². The third-order valence-corrected chi connectivity index (χ3v) is 0.709. The third kappa shape index (κ3) is 59.7. The van der Waals surface area contributed by atoms with E-state index in [2.05, 4.69) is 16.0 Å². The molecule has 0 spiro atoms. The Bertz CT molecular complexity index is 119. The van der Waals surface area contributed by atoms with Crippen LogP contribution in [0, 0.1) is 11.8 Å². The lowest BCUT2D eigenvalue weighted by atomic mass is 10.7. The fraction of sp³-hybridized carbons (Fsp3) is 0.556. The fourth-order valence-electron chi connectivity index (χ4n) is 0.184. The van der Waals surface area contributed by atoms with Gasteiger partial charge in [0.25, 0.3) is 0 Å². The van der Waals surface area contributed by atoms with Crippen LogP contribution in [0.15, 0.2) is 12.3 Å². The number of ether oxygens (including phenoxy) is 2. The standard InChI is InChI=1S/C5H8O2.C3H8O.CHN/c1-2-7-5-3-4-6;1-3-4-2;1-2/h3-5H,2H2,1H3;3H2,1-2H3;1H/b5-3-;;. The normalized spacial score (nSPS) is 7.46. The van der Waals surface area contributed by atoms with Gasteiger partial charge in [0.1, 0.15) is 6.29 Å². The molecule has 0 fully saturated rings. The summed E-state index contributed by atoms with van der Waals surface area (Å²) in [4.78, 5) is 9.51. The number of allylic oxidation sites excluding steroid dienone is 1. The second kappa shape index (κ2) is 31.1. The molecule has 0 rings (SSSR count). The summed E-state index contributed by atoms with van der Waals surface area (Å²) in [6, 6.07) is 0. The zero-order valence-corrected chi connectivity index (χ0v) is 8.40. The van der Waals surface area contributed by atoms with E-state index in [0.717, 1.165) is 6.61 Å². The van der Waals surface area contributed by atoms with E-state index in [1.54, 1.807) is 7.11 Å². The second-order valence-corrected chi connectivity index (χ2v) is 1.50. The van der Waals surface area contributed by atoms with Crippen molar-refractivity contribution in [3.63, 3.8) is 0 Å². The molecule has 0 saturated carbocycles. The van der Waals surface area contributed by atoms with E-state index in [-0.39, 0.29) is 0 Å². The van der Waals surface area contributed by atoms with Crippen molar-refractivity contribution in [3.8, 4) is 6.57 Å². The highest BCUT2D eigenvalue weighted by atomic mass is 16.5. The van der Waals surface area contributed by atoms with Crippen molar-refractivity contribution < 1.29 is 14.3 Å². The number of nitrogens with zero attached hydrogens (tertiary/aromatic N) is 1. The van der Waals surface area contributed by atoms with E-state index < -0.39 is 0 Å². The van der Waals surface area contributed by atoms with Crippen molar-refractivity contribution in [3.05, 3.63) is 12.3 Å². The van der Waals surface area contributed by atoms with E-state index in [1.807, 2.05) is 13.8 Å². The fourth-order valence-corrected chi connectivity index (χ4v) is 0.184. The number of carbonyl (C=O) groups is 1. The lowest BCUT2D eigenvalue weighted by Gasteiger charge is -1.86. The largest absolute Gasteiger partial charge is 0.501 e. The van der Waals surface area contributed by atoms with Gasteiger partial charge in [0.15, 0.2) is 0 Å². The smallest absolute Gasteiger partial charge is 0.145 e. The van der Waals surface area contributed by atoms with Gasteiger partial charge < -0.3 is 9.47 Å². The summed E-state index contributed by atoms with van der Waals surface area (Å²) in [6.45, 7) is 8.75. The molecule has 0 aliphatic carbocycles. The molecule has 0 unspecified atom stereocenters. The van der Waals surface area contributed by atoms with Crippen LogP contribution in [-0.4, -0.2) is 26.6 Å². The zero-order chi connectivity index (χ0) is 10.9. The molecule has 0 aliphatic rings. The van der Waals surface area contributed by atoms with Crippen molar-refractivity contribution in [1.29, 1.82) is 5.26 Å². The summed E-state index contributed by atoms with van der Waals surface area (Å²) in [5.74, 6) is 0. The van der Waals surface area contributed by atoms with Crippen LogP contribution in [0.1, 0.15) is 13.8 Å². The minimum atomic E-state index is 0.615.